The summed E-state index contributed by atoms with van der Waals surface area (Å²) in [5.41, 5.74) is 2.74. The molecule has 0 radical (unpaired) electrons. The number of aryl methyl sites for hydroxylation is 1. The summed E-state index contributed by atoms with van der Waals surface area (Å²) in [5.74, 6) is -0.679. The predicted molar refractivity (Wildman–Crippen MR) is 90.2 cm³/mol. The number of rotatable bonds is 7. The highest BCUT2D eigenvalue weighted by atomic mass is 16.4. The van der Waals surface area contributed by atoms with E-state index in [1.165, 1.54) is 11.1 Å². The fourth-order valence-electron chi connectivity index (χ4n) is 3.36. The second kappa shape index (κ2) is 8.14. The van der Waals surface area contributed by atoms with Crippen molar-refractivity contribution in [3.63, 3.8) is 0 Å². The van der Waals surface area contributed by atoms with Gasteiger partial charge in [-0.1, -0.05) is 38.1 Å². The van der Waals surface area contributed by atoms with Crippen LogP contribution in [0.2, 0.25) is 0 Å². The molecule has 4 nitrogen and oxygen atoms in total. The smallest absolute Gasteiger partial charge is 0.308 e. The van der Waals surface area contributed by atoms with Crippen LogP contribution >= 0.6 is 0 Å². The van der Waals surface area contributed by atoms with Crippen molar-refractivity contribution in [3.05, 3.63) is 35.4 Å². The van der Waals surface area contributed by atoms with E-state index in [0.29, 0.717) is 24.7 Å². The first-order valence-corrected chi connectivity index (χ1v) is 8.52. The molecule has 1 aliphatic carbocycles. The number of nitrogens with one attached hydrogen (secondary N) is 1. The number of aliphatic carboxylic acids is 1. The van der Waals surface area contributed by atoms with Crippen molar-refractivity contribution in [1.29, 1.82) is 0 Å². The van der Waals surface area contributed by atoms with Crippen molar-refractivity contribution < 1.29 is 14.7 Å². The number of carbonyl (C=O) groups is 2. The van der Waals surface area contributed by atoms with Crippen LogP contribution in [0.25, 0.3) is 0 Å². The fraction of sp³-hybridized carbons (Fsp3) is 0.579. The van der Waals surface area contributed by atoms with Gasteiger partial charge >= 0.3 is 5.97 Å². The average molecular weight is 317 g/mol. The molecule has 4 heteroatoms. The van der Waals surface area contributed by atoms with Crippen molar-refractivity contribution in [1.82, 2.24) is 5.32 Å². The zero-order chi connectivity index (χ0) is 16.8. The van der Waals surface area contributed by atoms with Gasteiger partial charge in [-0.2, -0.15) is 0 Å². The molecule has 1 aliphatic rings. The van der Waals surface area contributed by atoms with Gasteiger partial charge in [0.15, 0.2) is 0 Å². The number of carboxylic acid groups (broad SMARTS) is 1. The third kappa shape index (κ3) is 5.38. The molecule has 0 spiro atoms. The van der Waals surface area contributed by atoms with E-state index in [0.717, 1.165) is 19.3 Å². The molecule has 126 valence electrons. The van der Waals surface area contributed by atoms with Gasteiger partial charge in [0.05, 0.1) is 5.92 Å². The Bertz CT molecular complexity index is 553. The predicted octanol–water partition coefficient (Wildman–Crippen LogP) is 3.04. The first-order chi connectivity index (χ1) is 11.0. The largest absolute Gasteiger partial charge is 0.481 e. The second-order valence-corrected chi connectivity index (χ2v) is 7.05. The number of carboxylic acids is 1. The fourth-order valence-corrected chi connectivity index (χ4v) is 3.36. The Morgan fingerprint density at radius 1 is 1.26 bits per heavy atom. The number of hydrogen-bond donors (Lipinski definition) is 2. The molecule has 2 unspecified atom stereocenters. The lowest BCUT2D eigenvalue weighted by molar-refractivity contribution is -0.142. The minimum Gasteiger partial charge on any atom is -0.481 e. The molecule has 2 N–H and O–H groups in total. The van der Waals surface area contributed by atoms with Crippen molar-refractivity contribution in [2.24, 2.45) is 17.8 Å². The van der Waals surface area contributed by atoms with E-state index in [1.54, 1.807) is 0 Å². The van der Waals surface area contributed by atoms with Crippen molar-refractivity contribution in [2.45, 2.75) is 46.0 Å². The Morgan fingerprint density at radius 2 is 1.96 bits per heavy atom. The third-order valence-electron chi connectivity index (χ3n) is 4.57. The molecule has 0 aliphatic heterocycles. The molecular weight excluding hydrogens is 290 g/mol. The van der Waals surface area contributed by atoms with Crippen LogP contribution in [0.3, 0.4) is 0 Å². The van der Waals surface area contributed by atoms with Crippen LogP contribution < -0.4 is 5.32 Å². The van der Waals surface area contributed by atoms with Gasteiger partial charge in [0.2, 0.25) is 5.91 Å². The highest BCUT2D eigenvalue weighted by Crippen LogP contribution is 2.27. The zero-order valence-electron chi connectivity index (χ0n) is 14.0. The highest BCUT2D eigenvalue weighted by Gasteiger charge is 2.23. The van der Waals surface area contributed by atoms with E-state index in [1.807, 2.05) is 19.9 Å². The maximum absolute atomic E-state index is 12.1. The summed E-state index contributed by atoms with van der Waals surface area (Å²) in [5, 5.41) is 12.0. The van der Waals surface area contributed by atoms with Crippen LogP contribution in [0.1, 0.15) is 44.2 Å². The van der Waals surface area contributed by atoms with Crippen LogP contribution in [0.15, 0.2) is 24.3 Å². The Hall–Kier alpha value is -1.84. The van der Waals surface area contributed by atoms with Gasteiger partial charge in [0.1, 0.15) is 0 Å². The van der Waals surface area contributed by atoms with E-state index in [9.17, 15) is 14.7 Å². The van der Waals surface area contributed by atoms with Gasteiger partial charge in [-0.15, -0.1) is 0 Å². The molecule has 0 heterocycles. The van der Waals surface area contributed by atoms with Gasteiger partial charge in [-0.3, -0.25) is 9.59 Å². The standard InChI is InChI=1S/C19H27NO3/c1-13(2)9-17(19(22)23)12-20-18(21)11-14-7-8-15-5-3-4-6-16(15)10-14/h3-6,13-14,17H,7-12H2,1-2H3,(H,20,21)(H,22,23). The van der Waals surface area contributed by atoms with Gasteiger partial charge < -0.3 is 10.4 Å². The number of carbonyl (C=O) groups excluding carboxylic acids is 1. The Labute approximate surface area is 138 Å². The summed E-state index contributed by atoms with van der Waals surface area (Å²) in [6.07, 6.45) is 4.07. The summed E-state index contributed by atoms with van der Waals surface area (Å²) in [6.45, 7) is 4.23. The number of benzene rings is 1. The quantitative estimate of drug-likeness (QED) is 0.812. The van der Waals surface area contributed by atoms with Crippen LogP contribution in [0, 0.1) is 17.8 Å². The lowest BCUT2D eigenvalue weighted by Crippen LogP contribution is -2.35. The Balaban J connectivity index is 1.80. The molecule has 1 aromatic carbocycles. The molecule has 0 bridgehead atoms. The Kier molecular flexibility index (Phi) is 6.20. The molecular formula is C19H27NO3. The molecule has 0 fully saturated rings. The van der Waals surface area contributed by atoms with Crippen molar-refractivity contribution in [2.75, 3.05) is 6.54 Å². The van der Waals surface area contributed by atoms with Gasteiger partial charge in [0, 0.05) is 13.0 Å². The number of amides is 1. The van der Waals surface area contributed by atoms with E-state index in [-0.39, 0.29) is 12.5 Å². The van der Waals surface area contributed by atoms with Crippen LogP contribution in [0.5, 0.6) is 0 Å². The lowest BCUT2D eigenvalue weighted by atomic mass is 9.82. The van der Waals surface area contributed by atoms with Crippen molar-refractivity contribution in [3.8, 4) is 0 Å². The van der Waals surface area contributed by atoms with E-state index in [4.69, 9.17) is 0 Å². The molecule has 0 saturated heterocycles. The van der Waals surface area contributed by atoms with Gasteiger partial charge in [-0.05, 0) is 48.6 Å². The highest BCUT2D eigenvalue weighted by molar-refractivity contribution is 5.77. The Morgan fingerprint density at radius 3 is 2.61 bits per heavy atom. The number of hydrogen-bond acceptors (Lipinski definition) is 2. The molecule has 2 atom stereocenters. The summed E-state index contributed by atoms with van der Waals surface area (Å²) in [4.78, 5) is 23.4. The molecule has 2 rings (SSSR count). The van der Waals surface area contributed by atoms with Crippen LogP contribution in [-0.2, 0) is 22.4 Å². The third-order valence-corrected chi connectivity index (χ3v) is 4.57. The van der Waals surface area contributed by atoms with E-state index >= 15 is 0 Å². The maximum Gasteiger partial charge on any atom is 0.308 e. The SMILES string of the molecule is CC(C)CC(CNC(=O)CC1CCc2ccccc2C1)C(=O)O. The minimum absolute atomic E-state index is 0.0237. The summed E-state index contributed by atoms with van der Waals surface area (Å²) in [6, 6.07) is 8.41. The lowest BCUT2D eigenvalue weighted by Gasteiger charge is -2.24. The van der Waals surface area contributed by atoms with Crippen LogP contribution in [0.4, 0.5) is 0 Å². The summed E-state index contributed by atoms with van der Waals surface area (Å²) in [7, 11) is 0. The monoisotopic (exact) mass is 317 g/mol. The first-order valence-electron chi connectivity index (χ1n) is 8.52. The van der Waals surface area contributed by atoms with Crippen LogP contribution in [-0.4, -0.2) is 23.5 Å². The molecule has 0 saturated carbocycles. The number of fused-ring (bicyclic) bond motifs is 1. The summed E-state index contributed by atoms with van der Waals surface area (Å²) < 4.78 is 0. The van der Waals surface area contributed by atoms with E-state index < -0.39 is 11.9 Å². The van der Waals surface area contributed by atoms with E-state index in [2.05, 4.69) is 23.5 Å². The molecule has 0 aromatic heterocycles. The molecule has 1 amide bonds. The van der Waals surface area contributed by atoms with Gasteiger partial charge in [0.25, 0.3) is 0 Å². The minimum atomic E-state index is -0.828. The normalized spacial score (nSPS) is 18.3. The maximum atomic E-state index is 12.1. The molecule has 1 aromatic rings. The molecule has 23 heavy (non-hydrogen) atoms. The second-order valence-electron chi connectivity index (χ2n) is 7.05. The zero-order valence-corrected chi connectivity index (χ0v) is 14.0. The van der Waals surface area contributed by atoms with Crippen molar-refractivity contribution >= 4 is 11.9 Å². The summed E-state index contributed by atoms with van der Waals surface area (Å²) >= 11 is 0. The first kappa shape index (κ1) is 17.5. The average Bonchev–Trinajstić information content (AvgIpc) is 2.50. The van der Waals surface area contributed by atoms with Gasteiger partial charge in [-0.25, -0.2) is 0 Å². The topological polar surface area (TPSA) is 66.4 Å².